The number of benzene rings is 1. The molecule has 1 amide bonds. The summed E-state index contributed by atoms with van der Waals surface area (Å²) < 4.78 is 35.4. The smallest absolute Gasteiger partial charge is 0.351 e. The van der Waals surface area contributed by atoms with Crippen LogP contribution in [0.25, 0.3) is 16.9 Å². The number of ether oxygens (including phenoxy) is 1. The van der Waals surface area contributed by atoms with Crippen molar-refractivity contribution in [2.24, 2.45) is 7.05 Å². The zero-order valence-electron chi connectivity index (χ0n) is 24.2. The Morgan fingerprint density at radius 1 is 1.22 bits per heavy atom. The van der Waals surface area contributed by atoms with Crippen LogP contribution < -0.4 is 22.3 Å². The molecule has 19 heteroatoms. The Labute approximate surface area is 270 Å². The van der Waals surface area contributed by atoms with Gasteiger partial charge in [-0.25, -0.2) is 4.79 Å². The summed E-state index contributed by atoms with van der Waals surface area (Å²) in [7, 11) is 1.72. The number of rotatable bonds is 7. The highest BCUT2D eigenvalue weighted by atomic mass is 35.5. The molecule has 0 spiro atoms. The average Bonchev–Trinajstić information content (AvgIpc) is 3.53. The molecule has 5 rings (SSSR count). The number of carbonyl (C=O) groups excluding carboxylic acids is 1. The quantitative estimate of drug-likeness (QED) is 0.181. The van der Waals surface area contributed by atoms with Gasteiger partial charge in [-0.2, -0.15) is 28.6 Å². The lowest BCUT2D eigenvalue weighted by Gasteiger charge is -2.20. The van der Waals surface area contributed by atoms with Crippen LogP contribution >= 0.6 is 24.0 Å². The van der Waals surface area contributed by atoms with Crippen molar-refractivity contribution in [2.75, 3.05) is 18.9 Å². The van der Waals surface area contributed by atoms with Gasteiger partial charge in [-0.15, -0.1) is 12.4 Å². The van der Waals surface area contributed by atoms with Gasteiger partial charge < -0.3 is 31.1 Å². The van der Waals surface area contributed by atoms with Crippen molar-refractivity contribution in [1.82, 2.24) is 34.4 Å². The zero-order valence-corrected chi connectivity index (χ0v) is 25.8. The Hall–Kier alpha value is -4.26. The topological polar surface area (TPSA) is 213 Å². The summed E-state index contributed by atoms with van der Waals surface area (Å²) in [5.41, 5.74) is 5.10. The maximum atomic E-state index is 13.7. The molecule has 4 heterocycles. The molecule has 15 nitrogen and oxygen atoms in total. The van der Waals surface area contributed by atoms with Crippen LogP contribution in [0, 0.1) is 0 Å². The minimum absolute atomic E-state index is 0. The molecule has 1 aliphatic heterocycles. The molecule has 0 aliphatic carbocycles. The number of halogens is 4. The number of hydrogen-bond acceptors (Lipinski definition) is 11. The molecule has 46 heavy (non-hydrogen) atoms. The summed E-state index contributed by atoms with van der Waals surface area (Å²) in [4.78, 5) is 40.1. The summed E-state index contributed by atoms with van der Waals surface area (Å²) in [5, 5.41) is 38.8. The van der Waals surface area contributed by atoms with Gasteiger partial charge in [-0.3, -0.25) is 18.8 Å². The molecule has 1 fully saturated rings. The normalized spacial score (nSPS) is 19.0. The molecule has 4 atom stereocenters. The second-order valence-corrected chi connectivity index (χ2v) is 10.4. The first kappa shape index (κ1) is 36.2. The molecule has 4 aromatic rings. The Kier molecular flexibility index (Phi) is 11.7. The number of anilines is 1. The summed E-state index contributed by atoms with van der Waals surface area (Å²) in [5.74, 6) is -4.41. The Bertz CT molecular complexity index is 1780. The van der Waals surface area contributed by atoms with Gasteiger partial charge in [0, 0.05) is 29.9 Å². The number of hydrogen-bond donors (Lipinski definition) is 5. The van der Waals surface area contributed by atoms with Crippen LogP contribution in [0.5, 0.6) is 0 Å². The third-order valence-electron chi connectivity index (χ3n) is 6.55. The lowest BCUT2D eigenvalue weighted by molar-refractivity contribution is -0.140. The van der Waals surface area contributed by atoms with Crippen LogP contribution in [0.15, 0.2) is 64.6 Å². The van der Waals surface area contributed by atoms with Crippen molar-refractivity contribution in [2.45, 2.75) is 37.3 Å². The maximum absolute atomic E-state index is 13.7. The number of nitrogen functional groups attached to an aromatic ring is 1. The van der Waals surface area contributed by atoms with Crippen LogP contribution in [-0.4, -0.2) is 87.7 Å². The number of aromatic nitrogens is 6. The second-order valence-electron chi connectivity index (χ2n) is 9.97. The molecule has 0 saturated carbocycles. The highest BCUT2D eigenvalue weighted by Gasteiger charge is 2.59. The zero-order chi connectivity index (χ0) is 33.1. The number of nitrogens with zero attached hydrogens (tertiary/aromatic N) is 6. The maximum Gasteiger partial charge on any atom is 0.351 e. The van der Waals surface area contributed by atoms with Crippen molar-refractivity contribution in [3.05, 3.63) is 86.4 Å². The number of aryl methyl sites for hydroxylation is 1. The Morgan fingerprint density at radius 2 is 1.89 bits per heavy atom. The molecule has 0 radical (unpaired) electrons. The first-order valence-electron chi connectivity index (χ1n) is 13.2. The number of aliphatic hydroxyl groups is 3. The molecule has 0 bridgehead atoms. The van der Waals surface area contributed by atoms with E-state index in [2.05, 4.69) is 20.5 Å². The van der Waals surface area contributed by atoms with E-state index in [9.17, 15) is 28.3 Å². The van der Waals surface area contributed by atoms with Gasteiger partial charge >= 0.3 is 11.6 Å². The van der Waals surface area contributed by atoms with Crippen LogP contribution in [0.3, 0.4) is 0 Å². The average molecular weight is 687 g/mol. The number of alkyl halides is 2. The third-order valence-corrected chi connectivity index (χ3v) is 6.80. The molecular weight excluding hydrogens is 657 g/mol. The summed E-state index contributed by atoms with van der Waals surface area (Å²) >= 11 is 5.93. The predicted octanol–water partition coefficient (Wildman–Crippen LogP) is 0.530. The minimum Gasteiger partial charge on any atom is -0.394 e. The molecule has 3 aromatic heterocycles. The summed E-state index contributed by atoms with van der Waals surface area (Å²) in [6.07, 6.45) is -1.58. The Morgan fingerprint density at radius 3 is 2.43 bits per heavy atom. The van der Waals surface area contributed by atoms with Crippen molar-refractivity contribution < 1.29 is 33.6 Å². The van der Waals surface area contributed by atoms with Crippen LogP contribution in [0.1, 0.15) is 23.5 Å². The number of amides is 1. The van der Waals surface area contributed by atoms with E-state index in [4.69, 9.17) is 32.3 Å². The van der Waals surface area contributed by atoms with E-state index >= 15 is 0 Å². The van der Waals surface area contributed by atoms with Crippen LogP contribution in [-0.2, 0) is 11.8 Å². The van der Waals surface area contributed by atoms with E-state index in [1.807, 2.05) is 0 Å². The van der Waals surface area contributed by atoms with E-state index in [0.717, 1.165) is 16.9 Å². The minimum atomic E-state index is -3.71. The fraction of sp³-hybridized carbons (Fsp3) is 0.333. The van der Waals surface area contributed by atoms with Crippen molar-refractivity contribution >= 4 is 35.7 Å². The van der Waals surface area contributed by atoms with Crippen LogP contribution in [0.4, 0.5) is 14.6 Å². The van der Waals surface area contributed by atoms with Gasteiger partial charge in [0.1, 0.15) is 23.2 Å². The van der Waals surface area contributed by atoms with Crippen molar-refractivity contribution in [1.29, 1.82) is 0 Å². The lowest BCUT2D eigenvalue weighted by atomic mass is 10.1. The Balaban J connectivity index is 0.000000265. The molecule has 1 aromatic carbocycles. The highest BCUT2D eigenvalue weighted by Crippen LogP contribution is 2.41. The number of nitrogens with one attached hydrogen (secondary N) is 1. The van der Waals surface area contributed by atoms with E-state index in [1.165, 1.54) is 16.9 Å². The molecule has 6 N–H and O–H groups in total. The highest BCUT2D eigenvalue weighted by molar-refractivity contribution is 6.30. The number of carbonyl (C=O) groups is 1. The first-order chi connectivity index (χ1) is 21.3. The predicted molar refractivity (Wildman–Crippen MR) is 163 cm³/mol. The molecule has 1 saturated heterocycles. The van der Waals surface area contributed by atoms with Gasteiger partial charge in [0.25, 0.3) is 11.5 Å². The number of nitrogens with two attached hydrogens (primary N) is 1. The molecule has 4 unspecified atom stereocenters. The third kappa shape index (κ3) is 7.75. The number of aliphatic hydroxyl groups excluding tert-OH is 3. The van der Waals surface area contributed by atoms with Gasteiger partial charge in [0.15, 0.2) is 6.10 Å². The van der Waals surface area contributed by atoms with E-state index < -0.39 is 54.2 Å². The van der Waals surface area contributed by atoms with E-state index in [0.29, 0.717) is 26.5 Å². The summed E-state index contributed by atoms with van der Waals surface area (Å²) in [6.45, 7) is 0.612. The fourth-order valence-electron chi connectivity index (χ4n) is 4.18. The van der Waals surface area contributed by atoms with Crippen molar-refractivity contribution in [3.63, 3.8) is 0 Å². The van der Waals surface area contributed by atoms with E-state index in [-0.39, 0.29) is 30.4 Å². The van der Waals surface area contributed by atoms with Gasteiger partial charge in [0.05, 0.1) is 31.3 Å². The summed E-state index contributed by atoms with van der Waals surface area (Å²) in [6, 6.07) is 8.99. The molecule has 248 valence electrons. The van der Waals surface area contributed by atoms with Gasteiger partial charge in [0.2, 0.25) is 6.23 Å². The molecule has 1 aliphatic rings. The second kappa shape index (κ2) is 14.9. The SMILES string of the molecule is CC(CO)NC(=O)c1cc(-c2ccc(Cl)cc2)nn(-c2cnn(C)c2)c1=O.Cl.Nc1ccn(C2OC(CO)C(O)C2(F)F)c(=O)n1. The van der Waals surface area contributed by atoms with Crippen LogP contribution in [0.2, 0.25) is 5.02 Å². The van der Waals surface area contributed by atoms with Gasteiger partial charge in [-0.1, -0.05) is 23.7 Å². The largest absolute Gasteiger partial charge is 0.394 e. The fourth-order valence-corrected chi connectivity index (χ4v) is 4.31. The van der Waals surface area contributed by atoms with E-state index in [1.54, 1.807) is 44.4 Å². The monoisotopic (exact) mass is 686 g/mol. The van der Waals surface area contributed by atoms with Gasteiger partial charge in [-0.05, 0) is 31.2 Å². The lowest BCUT2D eigenvalue weighted by Crippen LogP contribution is -2.41. The van der Waals surface area contributed by atoms with Crippen molar-refractivity contribution in [3.8, 4) is 16.9 Å². The standard InChI is InChI=1S/C18H18ClN5O3.C9H11F2N3O4.ClH/c1-11(10-25)21-17(26)15-7-16(12-3-5-13(19)6-4-12)22-24(18(15)27)14-8-20-23(2)9-14;10-9(11)6(16)4(3-15)18-7(9)14-2-1-5(12)13-8(14)17;/h3-9,11,25H,10H2,1-2H3,(H,21,26);1-2,4,6-7,15-16H,3H2,(H2,12,13,17);1H. The molecular formula is C27H30Cl2F2N8O7. The first-order valence-corrected chi connectivity index (χ1v) is 13.6.